The predicted molar refractivity (Wildman–Crippen MR) is 110 cm³/mol. The first-order valence-electron chi connectivity index (χ1n) is 9.17. The molecule has 4 heteroatoms. The molecule has 3 N–H and O–H groups in total. The summed E-state index contributed by atoms with van der Waals surface area (Å²) in [7, 11) is 0. The number of H-pyrrole nitrogens is 1. The Labute approximate surface area is 164 Å². The Bertz CT molecular complexity index is 1090. The molecule has 0 bridgehead atoms. The molecule has 0 aliphatic rings. The quantitative estimate of drug-likeness (QED) is 0.544. The standard InChI is InChI=1S/C24H20N4/c25-15-18-8-6-17(7-9-18)14-22-16-27-24(28-22)23(26)21-12-10-20(11-13-21)19-4-2-1-3-5-19/h1-13,16,23H,14,26H2,(H,27,28). The van der Waals surface area contributed by atoms with Gasteiger partial charge in [0, 0.05) is 18.3 Å². The molecule has 0 aliphatic heterocycles. The van der Waals surface area contributed by atoms with Gasteiger partial charge in [-0.2, -0.15) is 5.26 Å². The van der Waals surface area contributed by atoms with Gasteiger partial charge in [0.25, 0.3) is 0 Å². The van der Waals surface area contributed by atoms with Gasteiger partial charge in [-0.05, 0) is 34.4 Å². The molecule has 1 unspecified atom stereocenters. The molecule has 0 saturated heterocycles. The fourth-order valence-electron chi connectivity index (χ4n) is 3.21. The van der Waals surface area contributed by atoms with Crippen LogP contribution < -0.4 is 5.73 Å². The third kappa shape index (κ3) is 3.85. The summed E-state index contributed by atoms with van der Waals surface area (Å²) < 4.78 is 0. The van der Waals surface area contributed by atoms with Gasteiger partial charge >= 0.3 is 0 Å². The van der Waals surface area contributed by atoms with Gasteiger partial charge in [-0.1, -0.05) is 66.7 Å². The van der Waals surface area contributed by atoms with Crippen molar-refractivity contribution in [2.45, 2.75) is 12.5 Å². The third-order valence-electron chi connectivity index (χ3n) is 4.80. The zero-order valence-electron chi connectivity index (χ0n) is 15.3. The van der Waals surface area contributed by atoms with Crippen LogP contribution in [0.1, 0.15) is 34.3 Å². The molecule has 0 saturated carbocycles. The normalized spacial score (nSPS) is 11.7. The number of benzene rings is 3. The maximum atomic E-state index is 8.89. The highest BCUT2D eigenvalue weighted by atomic mass is 15.0. The summed E-state index contributed by atoms with van der Waals surface area (Å²) in [4.78, 5) is 7.80. The summed E-state index contributed by atoms with van der Waals surface area (Å²) in [6, 6.07) is 28.0. The molecular weight excluding hydrogens is 344 g/mol. The van der Waals surface area contributed by atoms with Crippen LogP contribution in [0.5, 0.6) is 0 Å². The zero-order chi connectivity index (χ0) is 19.3. The first kappa shape index (κ1) is 17.7. The molecule has 136 valence electrons. The first-order chi connectivity index (χ1) is 13.7. The van der Waals surface area contributed by atoms with Crippen LogP contribution in [0.25, 0.3) is 11.1 Å². The smallest absolute Gasteiger partial charge is 0.127 e. The number of nitrogens with one attached hydrogen (secondary N) is 1. The molecule has 4 nitrogen and oxygen atoms in total. The molecule has 0 spiro atoms. The molecule has 0 fully saturated rings. The van der Waals surface area contributed by atoms with Crippen molar-refractivity contribution in [1.82, 2.24) is 9.97 Å². The summed E-state index contributed by atoms with van der Waals surface area (Å²) in [5.74, 6) is 0.746. The second-order valence-corrected chi connectivity index (χ2v) is 6.74. The average Bonchev–Trinajstić information content (AvgIpc) is 3.23. The number of nitrogens with zero attached hydrogens (tertiary/aromatic N) is 2. The number of aromatic nitrogens is 2. The molecule has 1 aromatic heterocycles. The van der Waals surface area contributed by atoms with E-state index in [1.54, 1.807) is 0 Å². The molecule has 4 aromatic rings. The van der Waals surface area contributed by atoms with Crippen molar-refractivity contribution in [3.05, 3.63) is 113 Å². The third-order valence-corrected chi connectivity index (χ3v) is 4.80. The van der Waals surface area contributed by atoms with Crippen molar-refractivity contribution in [3.63, 3.8) is 0 Å². The Morgan fingerprint density at radius 2 is 1.57 bits per heavy atom. The number of hydrogen-bond acceptors (Lipinski definition) is 3. The SMILES string of the molecule is N#Cc1ccc(Cc2cnc(C(N)c3ccc(-c4ccccc4)cc3)[nH]2)cc1. The fraction of sp³-hybridized carbons (Fsp3) is 0.0833. The minimum atomic E-state index is -0.306. The topological polar surface area (TPSA) is 78.5 Å². The van der Waals surface area contributed by atoms with Crippen LogP contribution in [0, 0.1) is 11.3 Å². The second kappa shape index (κ2) is 7.91. The molecule has 1 heterocycles. The van der Waals surface area contributed by atoms with Crippen molar-refractivity contribution >= 4 is 0 Å². The number of hydrogen-bond donors (Lipinski definition) is 2. The van der Waals surface area contributed by atoms with Crippen LogP contribution in [0.15, 0.2) is 85.1 Å². The highest BCUT2D eigenvalue weighted by Gasteiger charge is 2.13. The monoisotopic (exact) mass is 364 g/mol. The van der Waals surface area contributed by atoms with E-state index in [1.807, 2.05) is 48.7 Å². The predicted octanol–water partition coefficient (Wildman–Crippen LogP) is 4.59. The van der Waals surface area contributed by atoms with E-state index >= 15 is 0 Å². The van der Waals surface area contributed by atoms with Gasteiger partial charge in [0.05, 0.1) is 17.7 Å². The number of aromatic amines is 1. The van der Waals surface area contributed by atoms with Crippen molar-refractivity contribution in [1.29, 1.82) is 5.26 Å². The van der Waals surface area contributed by atoms with Gasteiger partial charge in [-0.15, -0.1) is 0 Å². The maximum Gasteiger partial charge on any atom is 0.127 e. The minimum absolute atomic E-state index is 0.306. The van der Waals surface area contributed by atoms with Crippen LogP contribution in [0.4, 0.5) is 0 Å². The van der Waals surface area contributed by atoms with Crippen molar-refractivity contribution in [3.8, 4) is 17.2 Å². The summed E-state index contributed by atoms with van der Waals surface area (Å²) in [5.41, 5.74) is 12.6. The Morgan fingerprint density at radius 1 is 0.893 bits per heavy atom. The minimum Gasteiger partial charge on any atom is -0.344 e. The van der Waals surface area contributed by atoms with Gasteiger partial charge in [0.1, 0.15) is 5.82 Å². The molecule has 28 heavy (non-hydrogen) atoms. The van der Waals surface area contributed by atoms with Crippen LogP contribution >= 0.6 is 0 Å². The molecular formula is C24H20N4. The van der Waals surface area contributed by atoms with E-state index in [9.17, 15) is 0 Å². The van der Waals surface area contributed by atoms with Crippen LogP contribution in [0.3, 0.4) is 0 Å². The highest BCUT2D eigenvalue weighted by molar-refractivity contribution is 5.63. The average molecular weight is 364 g/mol. The number of nitrogens with two attached hydrogens (primary N) is 1. The largest absolute Gasteiger partial charge is 0.344 e. The molecule has 0 amide bonds. The van der Waals surface area contributed by atoms with Gasteiger partial charge in [-0.3, -0.25) is 0 Å². The Morgan fingerprint density at radius 3 is 2.25 bits per heavy atom. The lowest BCUT2D eigenvalue weighted by Gasteiger charge is -2.10. The Balaban J connectivity index is 1.48. The van der Waals surface area contributed by atoms with E-state index in [1.165, 1.54) is 5.56 Å². The number of imidazole rings is 1. The van der Waals surface area contributed by atoms with E-state index < -0.39 is 0 Å². The van der Waals surface area contributed by atoms with Gasteiger partial charge in [0.2, 0.25) is 0 Å². The molecule has 1 atom stereocenters. The van der Waals surface area contributed by atoms with Crippen LogP contribution in [-0.4, -0.2) is 9.97 Å². The lowest BCUT2D eigenvalue weighted by atomic mass is 10.0. The summed E-state index contributed by atoms with van der Waals surface area (Å²) in [6.45, 7) is 0. The van der Waals surface area contributed by atoms with Gasteiger partial charge < -0.3 is 10.7 Å². The van der Waals surface area contributed by atoms with E-state index in [0.717, 1.165) is 34.6 Å². The van der Waals surface area contributed by atoms with E-state index in [2.05, 4.69) is 52.4 Å². The highest BCUT2D eigenvalue weighted by Crippen LogP contribution is 2.23. The number of nitriles is 1. The summed E-state index contributed by atoms with van der Waals surface area (Å²) >= 11 is 0. The number of rotatable bonds is 5. The van der Waals surface area contributed by atoms with Crippen LogP contribution in [0.2, 0.25) is 0 Å². The summed E-state index contributed by atoms with van der Waals surface area (Å²) in [5, 5.41) is 8.89. The Hall–Kier alpha value is -3.68. The summed E-state index contributed by atoms with van der Waals surface area (Å²) in [6.07, 6.45) is 2.55. The van der Waals surface area contributed by atoms with Gasteiger partial charge in [-0.25, -0.2) is 4.98 Å². The van der Waals surface area contributed by atoms with E-state index in [0.29, 0.717) is 5.56 Å². The lowest BCUT2D eigenvalue weighted by molar-refractivity contribution is 0.797. The molecule has 4 rings (SSSR count). The lowest BCUT2D eigenvalue weighted by Crippen LogP contribution is -2.13. The zero-order valence-corrected chi connectivity index (χ0v) is 15.3. The van der Waals surface area contributed by atoms with Crippen molar-refractivity contribution < 1.29 is 0 Å². The van der Waals surface area contributed by atoms with Crippen molar-refractivity contribution in [2.75, 3.05) is 0 Å². The van der Waals surface area contributed by atoms with Crippen molar-refractivity contribution in [2.24, 2.45) is 5.73 Å². The molecule has 3 aromatic carbocycles. The Kier molecular flexibility index (Phi) is 5.01. The van der Waals surface area contributed by atoms with E-state index in [-0.39, 0.29) is 6.04 Å². The first-order valence-corrected chi connectivity index (χ1v) is 9.17. The molecule has 0 aliphatic carbocycles. The second-order valence-electron chi connectivity index (χ2n) is 6.74. The maximum absolute atomic E-state index is 8.89. The molecule has 0 radical (unpaired) electrons. The van der Waals surface area contributed by atoms with Gasteiger partial charge in [0.15, 0.2) is 0 Å². The van der Waals surface area contributed by atoms with Crippen LogP contribution in [-0.2, 0) is 6.42 Å². The van der Waals surface area contributed by atoms with E-state index in [4.69, 9.17) is 11.0 Å². The fourth-order valence-corrected chi connectivity index (χ4v) is 3.21.